The van der Waals surface area contributed by atoms with Crippen LogP contribution in [0.25, 0.3) is 11.0 Å². The Labute approximate surface area is 162 Å². The zero-order chi connectivity index (χ0) is 17.4. The van der Waals surface area contributed by atoms with E-state index >= 15 is 0 Å². The lowest BCUT2D eigenvalue weighted by Crippen LogP contribution is -2.46. The number of rotatable bonds is 2. The number of piperidine rings is 1. The summed E-state index contributed by atoms with van der Waals surface area (Å²) >= 11 is 0. The van der Waals surface area contributed by atoms with Crippen molar-refractivity contribution in [1.29, 1.82) is 0 Å². The van der Waals surface area contributed by atoms with Crippen LogP contribution in [0.15, 0.2) is 15.7 Å². The highest BCUT2D eigenvalue weighted by molar-refractivity contribution is 5.95. The lowest BCUT2D eigenvalue weighted by Gasteiger charge is -2.23. The van der Waals surface area contributed by atoms with E-state index in [0.717, 1.165) is 30.5 Å². The average Bonchev–Trinajstić information content (AvgIpc) is 2.58. The summed E-state index contributed by atoms with van der Waals surface area (Å²) in [5, 5.41) is 6.55. The summed E-state index contributed by atoms with van der Waals surface area (Å²) in [6, 6.07) is 1.66. The maximum atomic E-state index is 12.5. The summed E-state index contributed by atoms with van der Waals surface area (Å²) in [6.45, 7) is 3.44. The predicted octanol–water partition coefficient (Wildman–Crippen LogP) is 0.266. The van der Waals surface area contributed by atoms with Crippen LogP contribution < -0.4 is 21.9 Å². The van der Waals surface area contributed by atoms with E-state index in [1.165, 1.54) is 11.6 Å². The molecule has 2 aromatic heterocycles. The molecule has 1 unspecified atom stereocenters. The van der Waals surface area contributed by atoms with E-state index in [1.807, 2.05) is 0 Å². The SMILES string of the molecule is Cc1cc(C(=O)NC2CCCNC2)nc2c1c(=O)n(C)c(=O)n2C.Cl.Cl. The van der Waals surface area contributed by atoms with Gasteiger partial charge in [-0.2, -0.15) is 0 Å². The molecule has 2 aromatic rings. The Bertz CT molecular complexity index is 932. The van der Waals surface area contributed by atoms with Gasteiger partial charge in [0.2, 0.25) is 0 Å². The van der Waals surface area contributed by atoms with Gasteiger partial charge in [0.1, 0.15) is 11.3 Å². The third kappa shape index (κ3) is 3.92. The van der Waals surface area contributed by atoms with Crippen LogP contribution in [-0.4, -0.2) is 39.2 Å². The van der Waals surface area contributed by atoms with E-state index in [0.29, 0.717) is 10.9 Å². The zero-order valence-electron chi connectivity index (χ0n) is 14.9. The normalized spacial score (nSPS) is 16.5. The predicted molar refractivity (Wildman–Crippen MR) is 105 cm³/mol. The molecule has 0 radical (unpaired) electrons. The first-order valence-electron chi connectivity index (χ1n) is 7.99. The maximum Gasteiger partial charge on any atom is 0.332 e. The number of carbonyl (C=O) groups excluding carboxylic acids is 1. The van der Waals surface area contributed by atoms with Crippen molar-refractivity contribution in [3.8, 4) is 0 Å². The minimum atomic E-state index is -0.464. The third-order valence-electron chi connectivity index (χ3n) is 4.47. The van der Waals surface area contributed by atoms with Crippen LogP contribution in [0.5, 0.6) is 0 Å². The molecule has 1 aliphatic rings. The van der Waals surface area contributed by atoms with Crippen molar-refractivity contribution in [2.75, 3.05) is 13.1 Å². The molecule has 0 spiro atoms. The number of aryl methyl sites for hydroxylation is 2. The molecule has 2 N–H and O–H groups in total. The standard InChI is InChI=1S/C16H21N5O3.2ClH/c1-9-7-11(14(22)18-10-5-4-6-17-8-10)19-13-12(9)15(23)21(3)16(24)20(13)2;;/h7,10,17H,4-6,8H2,1-3H3,(H,18,22);2*1H. The maximum absolute atomic E-state index is 12.5. The summed E-state index contributed by atoms with van der Waals surface area (Å²) in [5.41, 5.74) is 0.210. The van der Waals surface area contributed by atoms with E-state index in [1.54, 1.807) is 20.0 Å². The summed E-state index contributed by atoms with van der Waals surface area (Å²) < 4.78 is 2.34. The molecular formula is C16H23Cl2N5O3. The Morgan fingerprint density at radius 3 is 2.58 bits per heavy atom. The van der Waals surface area contributed by atoms with Gasteiger partial charge in [-0.1, -0.05) is 0 Å². The molecule has 8 nitrogen and oxygen atoms in total. The van der Waals surface area contributed by atoms with Crippen LogP contribution in [0.3, 0.4) is 0 Å². The van der Waals surface area contributed by atoms with Crippen LogP contribution in [0.4, 0.5) is 0 Å². The first-order chi connectivity index (χ1) is 11.4. The van der Waals surface area contributed by atoms with E-state index in [4.69, 9.17) is 0 Å². The second kappa shape index (κ2) is 8.66. The summed E-state index contributed by atoms with van der Waals surface area (Å²) in [6.07, 6.45) is 1.93. The quantitative estimate of drug-likeness (QED) is 0.749. The van der Waals surface area contributed by atoms with Crippen molar-refractivity contribution >= 4 is 41.8 Å². The van der Waals surface area contributed by atoms with Gasteiger partial charge in [0.25, 0.3) is 11.5 Å². The van der Waals surface area contributed by atoms with Crippen molar-refractivity contribution in [2.45, 2.75) is 25.8 Å². The number of nitrogens with zero attached hydrogens (tertiary/aromatic N) is 3. The second-order valence-corrected chi connectivity index (χ2v) is 6.25. The van der Waals surface area contributed by atoms with Crippen molar-refractivity contribution in [1.82, 2.24) is 24.8 Å². The first-order valence-corrected chi connectivity index (χ1v) is 7.99. The van der Waals surface area contributed by atoms with Gasteiger partial charge in [-0.15, -0.1) is 24.8 Å². The topological polar surface area (TPSA) is 98.0 Å². The van der Waals surface area contributed by atoms with Crippen LogP contribution in [-0.2, 0) is 14.1 Å². The van der Waals surface area contributed by atoms with Gasteiger partial charge in [0, 0.05) is 26.7 Å². The number of fused-ring (bicyclic) bond motifs is 1. The van der Waals surface area contributed by atoms with E-state index in [9.17, 15) is 14.4 Å². The molecule has 3 heterocycles. The number of amides is 1. The number of hydrogen-bond acceptors (Lipinski definition) is 5. The molecule has 0 bridgehead atoms. The summed E-state index contributed by atoms with van der Waals surface area (Å²) in [5.74, 6) is -0.290. The smallest absolute Gasteiger partial charge is 0.332 e. The van der Waals surface area contributed by atoms with Crippen LogP contribution >= 0.6 is 24.8 Å². The highest BCUT2D eigenvalue weighted by Gasteiger charge is 2.20. The van der Waals surface area contributed by atoms with Gasteiger partial charge >= 0.3 is 5.69 Å². The van der Waals surface area contributed by atoms with Gasteiger partial charge in [0.15, 0.2) is 0 Å². The van der Waals surface area contributed by atoms with Gasteiger partial charge in [-0.25, -0.2) is 9.78 Å². The number of carbonyl (C=O) groups is 1. The molecule has 0 aliphatic carbocycles. The molecular weight excluding hydrogens is 381 g/mol. The second-order valence-electron chi connectivity index (χ2n) is 6.25. The fourth-order valence-corrected chi connectivity index (χ4v) is 3.08. The van der Waals surface area contributed by atoms with E-state index in [2.05, 4.69) is 15.6 Å². The Kier molecular flexibility index (Phi) is 7.37. The first kappa shape index (κ1) is 22.1. The lowest BCUT2D eigenvalue weighted by atomic mass is 10.1. The Morgan fingerprint density at radius 1 is 1.27 bits per heavy atom. The van der Waals surface area contributed by atoms with E-state index in [-0.39, 0.29) is 48.1 Å². The van der Waals surface area contributed by atoms with Crippen molar-refractivity contribution in [2.24, 2.45) is 14.1 Å². The lowest BCUT2D eigenvalue weighted by molar-refractivity contribution is 0.0926. The molecule has 1 saturated heterocycles. The minimum Gasteiger partial charge on any atom is -0.347 e. The molecule has 0 saturated carbocycles. The monoisotopic (exact) mass is 403 g/mol. The molecule has 10 heteroatoms. The van der Waals surface area contributed by atoms with E-state index < -0.39 is 11.2 Å². The molecule has 1 fully saturated rings. The molecule has 144 valence electrons. The Morgan fingerprint density at radius 2 is 1.96 bits per heavy atom. The fourth-order valence-electron chi connectivity index (χ4n) is 3.08. The summed E-state index contributed by atoms with van der Waals surface area (Å²) in [4.78, 5) is 41.2. The molecule has 1 amide bonds. The molecule has 1 aliphatic heterocycles. The Balaban J connectivity index is 0.00000169. The van der Waals surface area contributed by atoms with Crippen molar-refractivity contribution in [3.05, 3.63) is 38.2 Å². The van der Waals surface area contributed by atoms with Crippen molar-refractivity contribution in [3.63, 3.8) is 0 Å². The van der Waals surface area contributed by atoms with Crippen molar-refractivity contribution < 1.29 is 4.79 Å². The highest BCUT2D eigenvalue weighted by Crippen LogP contribution is 2.13. The van der Waals surface area contributed by atoms with Gasteiger partial charge < -0.3 is 10.6 Å². The third-order valence-corrected chi connectivity index (χ3v) is 4.47. The average molecular weight is 404 g/mol. The summed E-state index contributed by atoms with van der Waals surface area (Å²) in [7, 11) is 2.98. The number of aromatic nitrogens is 3. The van der Waals surface area contributed by atoms with Gasteiger partial charge in [0.05, 0.1) is 5.39 Å². The van der Waals surface area contributed by atoms with Gasteiger partial charge in [-0.05, 0) is 37.9 Å². The number of pyridine rings is 1. The number of halogens is 2. The molecule has 3 rings (SSSR count). The fraction of sp³-hybridized carbons (Fsp3) is 0.500. The molecule has 26 heavy (non-hydrogen) atoms. The van der Waals surface area contributed by atoms with Crippen LogP contribution in [0.1, 0.15) is 28.9 Å². The highest BCUT2D eigenvalue weighted by atomic mass is 35.5. The largest absolute Gasteiger partial charge is 0.347 e. The minimum absolute atomic E-state index is 0. The van der Waals surface area contributed by atoms with Crippen LogP contribution in [0, 0.1) is 6.92 Å². The Hall–Kier alpha value is -1.90. The number of nitrogens with one attached hydrogen (secondary N) is 2. The van der Waals surface area contributed by atoms with Gasteiger partial charge in [-0.3, -0.25) is 18.7 Å². The molecule has 1 atom stereocenters. The zero-order valence-corrected chi connectivity index (χ0v) is 16.5. The van der Waals surface area contributed by atoms with Crippen LogP contribution in [0.2, 0.25) is 0 Å². The number of hydrogen-bond donors (Lipinski definition) is 2. The molecule has 0 aromatic carbocycles.